The van der Waals surface area contributed by atoms with Crippen LogP contribution in [0.4, 0.5) is 11.8 Å². The molecule has 2 aliphatic rings. The summed E-state index contributed by atoms with van der Waals surface area (Å²) in [5, 5.41) is 27.4. The number of esters is 1. The Hall–Kier alpha value is -3.01. The SMILES string of the molecule is CN(N)c1nc(N)nc2c1ccn2[C@@H]1OC(COP(=O)(NC(C)(C)C(=O)OC2CCC2)Oc2ccc(Cl)cc2)[C@@H](O)[C@@]1(C)O. The third-order valence-electron chi connectivity index (χ3n) is 7.61. The van der Waals surface area contributed by atoms with Crippen LogP contribution >= 0.6 is 19.3 Å². The summed E-state index contributed by atoms with van der Waals surface area (Å²) in [4.78, 5) is 21.4. The van der Waals surface area contributed by atoms with E-state index in [9.17, 15) is 19.6 Å². The van der Waals surface area contributed by atoms with Gasteiger partial charge in [-0.25, -0.2) is 10.4 Å². The molecule has 17 heteroatoms. The van der Waals surface area contributed by atoms with Crippen LogP contribution in [0.1, 0.15) is 46.3 Å². The number of hydrogen-bond acceptors (Lipinski definition) is 13. The molecular formula is C27H37ClN7O8P. The van der Waals surface area contributed by atoms with Gasteiger partial charge in [0.2, 0.25) is 5.95 Å². The normalized spacial score (nSPS) is 25.4. The summed E-state index contributed by atoms with van der Waals surface area (Å²) in [5.41, 5.74) is 2.85. The number of aromatic nitrogens is 3. The Kier molecular flexibility index (Phi) is 8.88. The number of carbonyl (C=O) groups is 1. The summed E-state index contributed by atoms with van der Waals surface area (Å²) in [6.45, 7) is 3.87. The lowest BCUT2D eigenvalue weighted by atomic mass is 9.96. The zero-order chi connectivity index (χ0) is 32.0. The number of rotatable bonds is 11. The number of hydrazine groups is 1. The van der Waals surface area contributed by atoms with Gasteiger partial charge >= 0.3 is 13.7 Å². The van der Waals surface area contributed by atoms with Crippen LogP contribution in [0.5, 0.6) is 5.75 Å². The van der Waals surface area contributed by atoms with Crippen molar-refractivity contribution in [2.75, 3.05) is 24.4 Å². The highest BCUT2D eigenvalue weighted by Crippen LogP contribution is 2.49. The molecule has 7 N–H and O–H groups in total. The number of nitrogens with two attached hydrogens (primary N) is 2. The molecule has 1 saturated heterocycles. The number of fused-ring (bicyclic) bond motifs is 1. The van der Waals surface area contributed by atoms with E-state index in [-0.39, 0.29) is 17.8 Å². The van der Waals surface area contributed by atoms with Gasteiger partial charge in [-0.05, 0) is 70.4 Å². The van der Waals surface area contributed by atoms with Crippen LogP contribution in [-0.2, 0) is 23.4 Å². The predicted octanol–water partition coefficient (Wildman–Crippen LogP) is 2.65. The van der Waals surface area contributed by atoms with Crippen LogP contribution in [0.15, 0.2) is 36.5 Å². The minimum atomic E-state index is -4.36. The van der Waals surface area contributed by atoms with Gasteiger partial charge in [-0.1, -0.05) is 11.6 Å². The van der Waals surface area contributed by atoms with Crippen molar-refractivity contribution in [2.45, 2.75) is 75.7 Å². The molecule has 3 heterocycles. The Balaban J connectivity index is 1.38. The maximum absolute atomic E-state index is 14.2. The van der Waals surface area contributed by atoms with Crippen molar-refractivity contribution >= 4 is 48.1 Å². The second-order valence-corrected chi connectivity index (χ2v) is 13.8. The Morgan fingerprint density at radius 3 is 2.59 bits per heavy atom. The summed E-state index contributed by atoms with van der Waals surface area (Å²) in [6, 6.07) is 7.72. The van der Waals surface area contributed by atoms with Crippen LogP contribution in [0, 0.1) is 0 Å². The minimum absolute atomic E-state index is 0.0624. The molecule has 1 aliphatic heterocycles. The fraction of sp³-hybridized carbons (Fsp3) is 0.519. The average molecular weight is 654 g/mol. The number of nitrogen functional groups attached to an aromatic ring is 1. The highest BCUT2D eigenvalue weighted by atomic mass is 35.5. The number of hydrogen-bond donors (Lipinski definition) is 5. The first-order valence-corrected chi connectivity index (χ1v) is 15.9. The molecule has 0 radical (unpaired) electrons. The molecule has 44 heavy (non-hydrogen) atoms. The molecule has 2 unspecified atom stereocenters. The fourth-order valence-electron chi connectivity index (χ4n) is 4.93. The smallest absolute Gasteiger partial charge is 0.459 e. The number of ether oxygens (including phenoxy) is 2. The van der Waals surface area contributed by atoms with E-state index in [4.69, 9.17) is 41.7 Å². The summed E-state index contributed by atoms with van der Waals surface area (Å²) in [6.07, 6.45) is -0.0113. The van der Waals surface area contributed by atoms with Gasteiger partial charge in [-0.3, -0.25) is 14.3 Å². The molecule has 0 amide bonds. The monoisotopic (exact) mass is 653 g/mol. The summed E-state index contributed by atoms with van der Waals surface area (Å²) in [5.74, 6) is 5.70. The molecule has 1 aliphatic carbocycles. The van der Waals surface area contributed by atoms with E-state index in [1.165, 1.54) is 54.6 Å². The van der Waals surface area contributed by atoms with Crippen LogP contribution in [0.3, 0.4) is 0 Å². The molecule has 5 rings (SSSR count). The molecule has 2 aromatic heterocycles. The molecule has 2 fully saturated rings. The van der Waals surface area contributed by atoms with E-state index < -0.39 is 49.9 Å². The quantitative estimate of drug-likeness (QED) is 0.0872. The van der Waals surface area contributed by atoms with Gasteiger partial charge in [0.05, 0.1) is 12.0 Å². The topological polar surface area (TPSA) is 210 Å². The first-order chi connectivity index (χ1) is 20.6. The number of aliphatic hydroxyl groups excluding tert-OH is 1. The predicted molar refractivity (Wildman–Crippen MR) is 162 cm³/mol. The van der Waals surface area contributed by atoms with Crippen molar-refractivity contribution in [1.82, 2.24) is 19.6 Å². The van der Waals surface area contributed by atoms with Gasteiger partial charge in [0.25, 0.3) is 0 Å². The van der Waals surface area contributed by atoms with Gasteiger partial charge < -0.3 is 34.5 Å². The van der Waals surface area contributed by atoms with E-state index in [2.05, 4.69) is 15.1 Å². The van der Waals surface area contributed by atoms with Crippen molar-refractivity contribution in [2.24, 2.45) is 5.84 Å². The van der Waals surface area contributed by atoms with Crippen molar-refractivity contribution in [3.63, 3.8) is 0 Å². The maximum atomic E-state index is 14.2. The van der Waals surface area contributed by atoms with Crippen molar-refractivity contribution < 1.29 is 38.1 Å². The van der Waals surface area contributed by atoms with Crippen LogP contribution < -0.4 is 26.2 Å². The van der Waals surface area contributed by atoms with Crippen LogP contribution in [-0.4, -0.2) is 73.8 Å². The van der Waals surface area contributed by atoms with E-state index in [1.54, 1.807) is 19.3 Å². The number of nitrogens with one attached hydrogen (secondary N) is 1. The standard InChI is InChI=1S/C27H37ClN7O8P/c1-26(2,24(37)41-16-6-5-7-16)33-44(39,43-17-10-8-15(28)9-11-17)40-14-19-20(36)27(3,38)23(42-19)35-13-12-18-21(34(4)30)31-25(29)32-22(18)35/h8-13,16,19-20,23,36,38H,5-7,14,30H2,1-4H3,(H,33,39)(H2,29,31,32)/t19?,20-,23-,27-,44?/m1/s1. The number of benzene rings is 1. The van der Waals surface area contributed by atoms with Gasteiger partial charge in [0, 0.05) is 18.3 Å². The number of halogens is 1. The molecule has 15 nitrogen and oxygen atoms in total. The zero-order valence-electron chi connectivity index (χ0n) is 24.7. The summed E-state index contributed by atoms with van der Waals surface area (Å²) < 4.78 is 38.8. The highest BCUT2D eigenvalue weighted by molar-refractivity contribution is 7.52. The van der Waals surface area contributed by atoms with Gasteiger partial charge in [0.1, 0.15) is 40.8 Å². The van der Waals surface area contributed by atoms with E-state index >= 15 is 0 Å². The van der Waals surface area contributed by atoms with Crippen molar-refractivity contribution in [3.05, 3.63) is 41.6 Å². The van der Waals surface area contributed by atoms with Gasteiger partial charge in [-0.15, -0.1) is 0 Å². The Labute approximate surface area is 258 Å². The summed E-state index contributed by atoms with van der Waals surface area (Å²) >= 11 is 5.99. The number of anilines is 2. The minimum Gasteiger partial charge on any atom is -0.461 e. The Morgan fingerprint density at radius 2 is 1.98 bits per heavy atom. The number of aliphatic hydroxyl groups is 2. The lowest BCUT2D eigenvalue weighted by Gasteiger charge is -2.33. The lowest BCUT2D eigenvalue weighted by Crippen LogP contribution is -2.49. The van der Waals surface area contributed by atoms with Gasteiger partial charge in [-0.2, -0.15) is 15.1 Å². The number of carbonyl (C=O) groups excluding carboxylic acids is 1. The lowest BCUT2D eigenvalue weighted by molar-refractivity contribution is -0.159. The maximum Gasteiger partial charge on any atom is 0.459 e. The second kappa shape index (κ2) is 12.1. The zero-order valence-corrected chi connectivity index (χ0v) is 26.4. The Morgan fingerprint density at radius 1 is 1.30 bits per heavy atom. The van der Waals surface area contributed by atoms with E-state index in [0.717, 1.165) is 19.3 Å². The Bertz CT molecular complexity index is 1560. The van der Waals surface area contributed by atoms with Crippen LogP contribution in [0.2, 0.25) is 5.02 Å². The van der Waals surface area contributed by atoms with Crippen molar-refractivity contribution in [3.8, 4) is 5.75 Å². The molecule has 0 spiro atoms. The largest absolute Gasteiger partial charge is 0.461 e. The fourth-order valence-corrected chi connectivity index (χ4v) is 6.74. The second-order valence-electron chi connectivity index (χ2n) is 11.7. The molecule has 5 atom stereocenters. The molecule has 1 saturated carbocycles. The number of nitrogens with zero attached hydrogens (tertiary/aromatic N) is 4. The van der Waals surface area contributed by atoms with Gasteiger partial charge in [0.15, 0.2) is 12.0 Å². The highest BCUT2D eigenvalue weighted by Gasteiger charge is 2.54. The molecule has 0 bridgehead atoms. The van der Waals surface area contributed by atoms with Crippen LogP contribution in [0.25, 0.3) is 11.0 Å². The average Bonchev–Trinajstić information content (AvgIpc) is 3.42. The van der Waals surface area contributed by atoms with E-state index in [0.29, 0.717) is 21.9 Å². The van der Waals surface area contributed by atoms with Crippen molar-refractivity contribution in [1.29, 1.82) is 0 Å². The molecular weight excluding hydrogens is 617 g/mol. The molecule has 3 aromatic rings. The first-order valence-electron chi connectivity index (χ1n) is 14.0. The first kappa shape index (κ1) is 32.4. The summed E-state index contributed by atoms with van der Waals surface area (Å²) in [7, 11) is -2.77. The molecule has 1 aromatic carbocycles. The van der Waals surface area contributed by atoms with E-state index in [1.807, 2.05) is 0 Å². The molecule has 240 valence electrons. The third-order valence-corrected chi connectivity index (χ3v) is 9.64. The third kappa shape index (κ3) is 6.51.